The van der Waals surface area contributed by atoms with Gasteiger partial charge in [0.15, 0.2) is 0 Å². The molecule has 0 saturated heterocycles. The molecule has 2 rings (SSSR count). The first-order chi connectivity index (χ1) is 9.71. The van der Waals surface area contributed by atoms with Gasteiger partial charge in [-0.25, -0.2) is 4.98 Å². The summed E-state index contributed by atoms with van der Waals surface area (Å²) in [5.74, 6) is 0.695. The molecule has 1 unspecified atom stereocenters. The highest BCUT2D eigenvalue weighted by atomic mass is 28.3. The van der Waals surface area contributed by atoms with Crippen LogP contribution in [-0.2, 0) is 11.5 Å². The average Bonchev–Trinajstić information content (AvgIpc) is 2.36. The third kappa shape index (κ3) is 3.24. The van der Waals surface area contributed by atoms with Crippen LogP contribution in [0, 0.1) is 13.8 Å². The van der Waals surface area contributed by atoms with E-state index in [4.69, 9.17) is 4.74 Å². The van der Waals surface area contributed by atoms with Crippen molar-refractivity contribution >= 4 is 19.0 Å². The van der Waals surface area contributed by atoms with Gasteiger partial charge in [0.25, 0.3) is 5.56 Å². The van der Waals surface area contributed by atoms with Crippen molar-refractivity contribution < 1.29 is 4.74 Å². The van der Waals surface area contributed by atoms with Gasteiger partial charge in [0.1, 0.15) is 12.6 Å². The van der Waals surface area contributed by atoms with Gasteiger partial charge in [-0.3, -0.25) is 9.36 Å². The lowest BCUT2D eigenvalue weighted by Crippen LogP contribution is -2.39. The molecule has 0 spiro atoms. The van der Waals surface area contributed by atoms with E-state index in [0.29, 0.717) is 11.2 Å². The second kappa shape index (κ2) is 5.73. The fourth-order valence-corrected chi connectivity index (χ4v) is 2.70. The second-order valence-electron chi connectivity index (χ2n) is 6.67. The molecular formula is C16H24N2O2Si. The van der Waals surface area contributed by atoms with Crippen LogP contribution in [0.4, 0.5) is 0 Å². The van der Waals surface area contributed by atoms with Crippen LogP contribution < -0.4 is 5.56 Å². The molecule has 0 amide bonds. The van der Waals surface area contributed by atoms with E-state index in [0.717, 1.165) is 11.1 Å². The number of aromatic nitrogens is 2. The van der Waals surface area contributed by atoms with Gasteiger partial charge in [0, 0.05) is 5.73 Å². The predicted octanol–water partition coefficient (Wildman–Crippen LogP) is 3.25. The van der Waals surface area contributed by atoms with Crippen LogP contribution in [0.25, 0.3) is 10.9 Å². The van der Waals surface area contributed by atoms with E-state index in [9.17, 15) is 4.79 Å². The van der Waals surface area contributed by atoms with Gasteiger partial charge in [-0.05, 0) is 32.4 Å². The topological polar surface area (TPSA) is 44.1 Å². The van der Waals surface area contributed by atoms with Gasteiger partial charge in [-0.2, -0.15) is 0 Å². The van der Waals surface area contributed by atoms with Crippen LogP contribution in [-0.4, -0.2) is 23.4 Å². The summed E-state index contributed by atoms with van der Waals surface area (Å²) in [6.07, 6.45) is 0. The Balaban J connectivity index is 2.41. The fourth-order valence-electron chi connectivity index (χ4n) is 2.13. The number of hydrogen-bond acceptors (Lipinski definition) is 3. The zero-order valence-corrected chi connectivity index (χ0v) is 14.7. The number of nitrogens with zero attached hydrogens (tertiary/aromatic N) is 2. The third-order valence-electron chi connectivity index (χ3n) is 4.06. The Bertz CT molecular complexity index is 717. The number of aryl methyl sites for hydroxylation is 2. The van der Waals surface area contributed by atoms with E-state index in [2.05, 4.69) is 31.5 Å². The minimum Gasteiger partial charge on any atom is -0.361 e. The number of ether oxygens (including phenoxy) is 1. The number of rotatable bonds is 4. The van der Waals surface area contributed by atoms with Gasteiger partial charge in [-0.1, -0.05) is 31.8 Å². The molecule has 5 heteroatoms. The van der Waals surface area contributed by atoms with Gasteiger partial charge in [0.2, 0.25) is 0 Å². The minimum absolute atomic E-state index is 0.0154. The normalized spacial score (nSPS) is 13.6. The average molecular weight is 304 g/mol. The summed E-state index contributed by atoms with van der Waals surface area (Å²) in [6.45, 7) is 12.9. The highest BCUT2D eigenvalue weighted by Crippen LogP contribution is 2.14. The molecule has 0 saturated carbocycles. The molecule has 0 radical (unpaired) electrons. The maximum atomic E-state index is 12.7. The molecule has 0 bridgehead atoms. The molecule has 1 atom stereocenters. The Hall–Kier alpha value is -1.46. The maximum absolute atomic E-state index is 12.7. The molecule has 21 heavy (non-hydrogen) atoms. The van der Waals surface area contributed by atoms with Crippen molar-refractivity contribution in [2.24, 2.45) is 0 Å². The minimum atomic E-state index is -1.37. The van der Waals surface area contributed by atoms with Gasteiger partial charge < -0.3 is 4.74 Å². The summed E-state index contributed by atoms with van der Waals surface area (Å²) in [4.78, 5) is 17.2. The smallest absolute Gasteiger partial charge is 0.263 e. The summed E-state index contributed by atoms with van der Waals surface area (Å²) in [7, 11) is -1.37. The Labute approximate surface area is 126 Å². The largest absolute Gasteiger partial charge is 0.361 e. The monoisotopic (exact) mass is 304 g/mol. The van der Waals surface area contributed by atoms with Crippen molar-refractivity contribution in [2.45, 2.75) is 52.9 Å². The van der Waals surface area contributed by atoms with Gasteiger partial charge in [-0.15, -0.1) is 0 Å². The summed E-state index contributed by atoms with van der Waals surface area (Å²) in [5, 5.41) is 0.687. The molecule has 0 aliphatic rings. The summed E-state index contributed by atoms with van der Waals surface area (Å²) < 4.78 is 7.56. The maximum Gasteiger partial charge on any atom is 0.263 e. The quantitative estimate of drug-likeness (QED) is 0.814. The van der Waals surface area contributed by atoms with E-state index in [1.807, 2.05) is 32.0 Å². The molecule has 114 valence electrons. The molecule has 1 aromatic heterocycles. The van der Waals surface area contributed by atoms with Crippen molar-refractivity contribution in [1.29, 1.82) is 0 Å². The van der Waals surface area contributed by atoms with Crippen molar-refractivity contribution in [3.05, 3.63) is 39.9 Å². The summed E-state index contributed by atoms with van der Waals surface area (Å²) in [5.41, 5.74) is 1.89. The molecule has 0 aliphatic carbocycles. The Morgan fingerprint density at radius 2 is 1.95 bits per heavy atom. The Morgan fingerprint density at radius 1 is 1.29 bits per heavy atom. The van der Waals surface area contributed by atoms with Crippen LogP contribution in [0.15, 0.2) is 23.0 Å². The lowest BCUT2D eigenvalue weighted by Gasteiger charge is -2.26. The molecule has 1 aromatic carbocycles. The van der Waals surface area contributed by atoms with Crippen molar-refractivity contribution in [3.8, 4) is 0 Å². The first-order valence-electron chi connectivity index (χ1n) is 7.30. The highest BCUT2D eigenvalue weighted by molar-refractivity contribution is 6.77. The SMILES string of the molecule is Cc1cccc2nc(C)n(COC(C)[Si](C)(C)C)c(=O)c12. The lowest BCUT2D eigenvalue weighted by atomic mass is 10.1. The van der Waals surface area contributed by atoms with E-state index < -0.39 is 8.07 Å². The van der Waals surface area contributed by atoms with Gasteiger partial charge in [0.05, 0.1) is 19.0 Å². The van der Waals surface area contributed by atoms with Crippen LogP contribution in [0.2, 0.25) is 19.6 Å². The van der Waals surface area contributed by atoms with Crippen LogP contribution in [0.5, 0.6) is 0 Å². The van der Waals surface area contributed by atoms with Crippen molar-refractivity contribution in [1.82, 2.24) is 9.55 Å². The first-order valence-corrected chi connectivity index (χ1v) is 10.9. The van der Waals surface area contributed by atoms with Crippen molar-refractivity contribution in [3.63, 3.8) is 0 Å². The first kappa shape index (κ1) is 15.9. The number of benzene rings is 1. The highest BCUT2D eigenvalue weighted by Gasteiger charge is 2.23. The second-order valence-corrected chi connectivity index (χ2v) is 12.2. The molecule has 4 nitrogen and oxygen atoms in total. The molecule has 0 N–H and O–H groups in total. The molecule has 1 heterocycles. The molecule has 2 aromatic rings. The fraction of sp³-hybridized carbons (Fsp3) is 0.500. The molecule has 0 fully saturated rings. The number of hydrogen-bond donors (Lipinski definition) is 0. The van der Waals surface area contributed by atoms with E-state index in [1.54, 1.807) is 4.57 Å². The van der Waals surface area contributed by atoms with E-state index >= 15 is 0 Å². The predicted molar refractivity (Wildman–Crippen MR) is 89.4 cm³/mol. The zero-order valence-electron chi connectivity index (χ0n) is 13.7. The Morgan fingerprint density at radius 3 is 2.57 bits per heavy atom. The van der Waals surface area contributed by atoms with E-state index in [1.165, 1.54) is 0 Å². The standard InChI is InChI=1S/C16H24N2O2Si/c1-11-8-7-9-14-15(11)16(19)18(12(2)17-14)10-20-13(3)21(4,5)6/h7-9,13H,10H2,1-6H3. The lowest BCUT2D eigenvalue weighted by molar-refractivity contribution is 0.0529. The van der Waals surface area contributed by atoms with Gasteiger partial charge >= 0.3 is 0 Å². The zero-order chi connectivity index (χ0) is 15.8. The van der Waals surface area contributed by atoms with Crippen LogP contribution in [0.3, 0.4) is 0 Å². The van der Waals surface area contributed by atoms with Crippen molar-refractivity contribution in [2.75, 3.05) is 0 Å². The third-order valence-corrected chi connectivity index (χ3v) is 6.66. The number of fused-ring (bicyclic) bond motifs is 1. The Kier molecular flexibility index (Phi) is 4.34. The summed E-state index contributed by atoms with van der Waals surface area (Å²) in [6, 6.07) is 5.75. The molecule has 0 aliphatic heterocycles. The van der Waals surface area contributed by atoms with Crippen LogP contribution >= 0.6 is 0 Å². The molecular weight excluding hydrogens is 280 g/mol. The van der Waals surface area contributed by atoms with Crippen LogP contribution in [0.1, 0.15) is 18.3 Å². The summed E-state index contributed by atoms with van der Waals surface area (Å²) >= 11 is 0. The van der Waals surface area contributed by atoms with E-state index in [-0.39, 0.29) is 18.0 Å².